The average molecular weight is 484 g/mol. The lowest BCUT2D eigenvalue weighted by molar-refractivity contribution is 0.0651. The topological polar surface area (TPSA) is 119 Å². The van der Waals surface area contributed by atoms with Crippen molar-refractivity contribution in [3.8, 4) is 23.0 Å². The van der Waals surface area contributed by atoms with Gasteiger partial charge in [-0.25, -0.2) is 9.59 Å². The molecule has 0 saturated carbocycles. The second-order valence-electron chi connectivity index (χ2n) is 8.76. The summed E-state index contributed by atoms with van der Waals surface area (Å²) >= 11 is 0. The number of anilines is 1. The van der Waals surface area contributed by atoms with Gasteiger partial charge in [-0.05, 0) is 77.9 Å². The molecule has 0 radical (unpaired) electrons. The third-order valence-electron chi connectivity index (χ3n) is 5.96. The van der Waals surface area contributed by atoms with Crippen molar-refractivity contribution in [1.29, 1.82) is 0 Å². The number of aromatic carboxylic acids is 2. The predicted octanol–water partition coefficient (Wildman–Crippen LogP) is 6.58. The Balaban J connectivity index is 1.48. The first-order valence-electron chi connectivity index (χ1n) is 11.2. The van der Waals surface area contributed by atoms with E-state index in [0.29, 0.717) is 17.2 Å². The molecule has 4 rings (SSSR count). The van der Waals surface area contributed by atoms with Crippen LogP contribution in [0.2, 0.25) is 0 Å². The molecule has 0 heterocycles. The van der Waals surface area contributed by atoms with Crippen LogP contribution < -0.4 is 15.2 Å². The van der Waals surface area contributed by atoms with E-state index in [2.05, 4.69) is 13.8 Å². The van der Waals surface area contributed by atoms with Gasteiger partial charge < -0.3 is 25.4 Å². The number of benzene rings is 4. The smallest absolute Gasteiger partial charge is 0.336 e. The van der Waals surface area contributed by atoms with Gasteiger partial charge in [0, 0.05) is 11.1 Å². The third-order valence-corrected chi connectivity index (χ3v) is 5.96. The lowest BCUT2D eigenvalue weighted by Gasteiger charge is -2.26. The van der Waals surface area contributed by atoms with Crippen molar-refractivity contribution < 1.29 is 29.3 Å². The summed E-state index contributed by atoms with van der Waals surface area (Å²) in [5.41, 5.74) is 7.61. The van der Waals surface area contributed by atoms with E-state index in [1.807, 2.05) is 48.5 Å². The van der Waals surface area contributed by atoms with Crippen LogP contribution in [0.25, 0.3) is 0 Å². The standard InChI is InChI=1S/C29H25NO6/c1-29(2,18-3-9-21(10-4-18)35-23-13-7-20(30)8-14-23)19-5-11-22(12-6-19)36-24-15-16-25(27(31)32)26(17-24)28(33)34/h3-17H,30H2,1-2H3,(H,31,32)(H,33,34). The fourth-order valence-electron chi connectivity index (χ4n) is 3.80. The zero-order chi connectivity index (χ0) is 25.9. The molecule has 182 valence electrons. The second kappa shape index (κ2) is 9.84. The van der Waals surface area contributed by atoms with Crippen LogP contribution in [0.1, 0.15) is 45.7 Å². The summed E-state index contributed by atoms with van der Waals surface area (Å²) in [6.07, 6.45) is 0. The lowest BCUT2D eigenvalue weighted by Crippen LogP contribution is -2.18. The Morgan fingerprint density at radius 2 is 1.00 bits per heavy atom. The first kappa shape index (κ1) is 24.3. The van der Waals surface area contributed by atoms with Crippen LogP contribution in [0, 0.1) is 0 Å². The van der Waals surface area contributed by atoms with Gasteiger partial charge in [0.25, 0.3) is 0 Å². The molecule has 7 nitrogen and oxygen atoms in total. The highest BCUT2D eigenvalue weighted by Crippen LogP contribution is 2.35. The minimum atomic E-state index is -1.33. The molecule has 4 aromatic rings. The molecule has 0 aromatic heterocycles. The molecule has 0 amide bonds. The maximum absolute atomic E-state index is 11.4. The summed E-state index contributed by atoms with van der Waals surface area (Å²) in [5.74, 6) is -0.477. The highest BCUT2D eigenvalue weighted by atomic mass is 16.5. The summed E-state index contributed by atoms with van der Waals surface area (Å²) in [7, 11) is 0. The fourth-order valence-corrected chi connectivity index (χ4v) is 3.80. The molecule has 36 heavy (non-hydrogen) atoms. The summed E-state index contributed by atoms with van der Waals surface area (Å²) in [6, 6.07) is 26.4. The van der Waals surface area contributed by atoms with Gasteiger partial charge in [0.2, 0.25) is 0 Å². The van der Waals surface area contributed by atoms with Crippen molar-refractivity contribution in [1.82, 2.24) is 0 Å². The molecule has 0 bridgehead atoms. The van der Waals surface area contributed by atoms with Crippen LogP contribution in [0.4, 0.5) is 5.69 Å². The van der Waals surface area contributed by atoms with Crippen molar-refractivity contribution in [2.75, 3.05) is 5.73 Å². The summed E-state index contributed by atoms with van der Waals surface area (Å²) in [5, 5.41) is 18.5. The van der Waals surface area contributed by atoms with E-state index in [-0.39, 0.29) is 22.3 Å². The number of carboxylic acid groups (broad SMARTS) is 2. The minimum absolute atomic E-state index is 0.237. The zero-order valence-electron chi connectivity index (χ0n) is 19.8. The molecule has 0 unspecified atom stereocenters. The molecule has 0 aliphatic carbocycles. The van der Waals surface area contributed by atoms with E-state index in [1.165, 1.54) is 18.2 Å². The highest BCUT2D eigenvalue weighted by Gasteiger charge is 2.23. The quantitative estimate of drug-likeness (QED) is 0.242. The van der Waals surface area contributed by atoms with Crippen LogP contribution >= 0.6 is 0 Å². The molecule has 4 N–H and O–H groups in total. The predicted molar refractivity (Wildman–Crippen MR) is 136 cm³/mol. The van der Waals surface area contributed by atoms with Crippen LogP contribution in [-0.4, -0.2) is 22.2 Å². The number of ether oxygens (including phenoxy) is 2. The number of nitrogen functional groups attached to an aromatic ring is 1. The molecule has 0 aliphatic heterocycles. The largest absolute Gasteiger partial charge is 0.478 e. The SMILES string of the molecule is CC(C)(c1ccc(Oc2ccc(N)cc2)cc1)c1ccc(Oc2ccc(C(=O)O)c(C(=O)O)c2)cc1. The molecule has 0 spiro atoms. The Labute approximate surface area is 208 Å². The van der Waals surface area contributed by atoms with E-state index in [0.717, 1.165) is 16.9 Å². The molecular weight excluding hydrogens is 458 g/mol. The van der Waals surface area contributed by atoms with E-state index < -0.39 is 11.9 Å². The maximum Gasteiger partial charge on any atom is 0.336 e. The monoisotopic (exact) mass is 483 g/mol. The summed E-state index contributed by atoms with van der Waals surface area (Å²) < 4.78 is 11.7. The van der Waals surface area contributed by atoms with Gasteiger partial charge in [-0.3, -0.25) is 0 Å². The van der Waals surface area contributed by atoms with Crippen molar-refractivity contribution in [3.63, 3.8) is 0 Å². The summed E-state index contributed by atoms with van der Waals surface area (Å²) in [4.78, 5) is 22.7. The molecule has 4 aromatic carbocycles. The lowest BCUT2D eigenvalue weighted by atomic mass is 9.78. The van der Waals surface area contributed by atoms with Crippen LogP contribution in [0.15, 0.2) is 91.0 Å². The fraction of sp³-hybridized carbons (Fsp3) is 0.103. The van der Waals surface area contributed by atoms with Gasteiger partial charge in [0.05, 0.1) is 11.1 Å². The second-order valence-corrected chi connectivity index (χ2v) is 8.76. The summed E-state index contributed by atoms with van der Waals surface area (Å²) in [6.45, 7) is 4.23. The number of carbonyl (C=O) groups is 2. The average Bonchev–Trinajstić information content (AvgIpc) is 2.86. The molecule has 0 saturated heterocycles. The number of nitrogens with two attached hydrogens (primary N) is 1. The first-order chi connectivity index (χ1) is 17.1. The Morgan fingerprint density at radius 3 is 1.44 bits per heavy atom. The first-order valence-corrected chi connectivity index (χ1v) is 11.2. The number of hydrogen-bond donors (Lipinski definition) is 3. The van der Waals surface area contributed by atoms with Gasteiger partial charge in [-0.1, -0.05) is 38.1 Å². The van der Waals surface area contributed by atoms with Crippen molar-refractivity contribution in [2.24, 2.45) is 0 Å². The number of rotatable bonds is 8. The zero-order valence-corrected chi connectivity index (χ0v) is 19.8. The van der Waals surface area contributed by atoms with Crippen molar-refractivity contribution in [3.05, 3.63) is 113 Å². The highest BCUT2D eigenvalue weighted by molar-refractivity contribution is 6.02. The molecule has 0 aliphatic rings. The molecule has 0 atom stereocenters. The van der Waals surface area contributed by atoms with Gasteiger partial charge in [0.1, 0.15) is 23.0 Å². The van der Waals surface area contributed by atoms with Gasteiger partial charge in [-0.2, -0.15) is 0 Å². The normalized spacial score (nSPS) is 11.1. The minimum Gasteiger partial charge on any atom is -0.478 e. The number of carboxylic acids is 2. The van der Waals surface area contributed by atoms with Gasteiger partial charge in [0.15, 0.2) is 0 Å². The van der Waals surface area contributed by atoms with E-state index in [1.54, 1.807) is 24.3 Å². The van der Waals surface area contributed by atoms with Crippen LogP contribution in [0.3, 0.4) is 0 Å². The molecular formula is C29H25NO6. The Morgan fingerprint density at radius 1 is 0.611 bits per heavy atom. The third kappa shape index (κ3) is 5.31. The van der Waals surface area contributed by atoms with Gasteiger partial charge >= 0.3 is 11.9 Å². The van der Waals surface area contributed by atoms with Crippen molar-refractivity contribution >= 4 is 17.6 Å². The molecule has 7 heteroatoms. The Hall–Kier alpha value is -4.78. The maximum atomic E-state index is 11.4. The molecule has 0 fully saturated rings. The Kier molecular flexibility index (Phi) is 6.65. The van der Waals surface area contributed by atoms with Crippen molar-refractivity contribution in [2.45, 2.75) is 19.3 Å². The van der Waals surface area contributed by atoms with E-state index in [4.69, 9.17) is 15.2 Å². The van der Waals surface area contributed by atoms with E-state index >= 15 is 0 Å². The van der Waals surface area contributed by atoms with Crippen LogP contribution in [0.5, 0.6) is 23.0 Å². The Bertz CT molecular complexity index is 1390. The van der Waals surface area contributed by atoms with E-state index in [9.17, 15) is 19.8 Å². The van der Waals surface area contributed by atoms with Gasteiger partial charge in [-0.15, -0.1) is 0 Å². The van der Waals surface area contributed by atoms with Crippen LogP contribution in [-0.2, 0) is 5.41 Å². The number of hydrogen-bond acceptors (Lipinski definition) is 5.